The van der Waals surface area contributed by atoms with Gasteiger partial charge in [0.15, 0.2) is 6.61 Å². The van der Waals surface area contributed by atoms with Crippen molar-refractivity contribution in [2.75, 3.05) is 19.0 Å². The summed E-state index contributed by atoms with van der Waals surface area (Å²) in [6.07, 6.45) is 0. The molecule has 156 valence electrons. The lowest BCUT2D eigenvalue weighted by molar-refractivity contribution is -0.150. The van der Waals surface area contributed by atoms with E-state index in [2.05, 4.69) is 10.6 Å². The van der Waals surface area contributed by atoms with Gasteiger partial charge in [-0.3, -0.25) is 9.59 Å². The number of carbonyl (C=O) groups is 3. The highest BCUT2D eigenvalue weighted by Crippen LogP contribution is 2.18. The van der Waals surface area contributed by atoms with E-state index in [1.807, 2.05) is 6.07 Å². The molecule has 0 saturated heterocycles. The van der Waals surface area contributed by atoms with Crippen molar-refractivity contribution in [3.8, 4) is 11.8 Å². The van der Waals surface area contributed by atoms with E-state index >= 15 is 0 Å². The first kappa shape index (κ1) is 22.4. The number of rotatable bonds is 8. The maximum atomic E-state index is 12.6. The van der Waals surface area contributed by atoms with Crippen molar-refractivity contribution in [1.29, 1.82) is 5.26 Å². The second-order valence-corrected chi connectivity index (χ2v) is 6.71. The molecule has 2 aromatic rings. The molecule has 8 nitrogen and oxygen atoms in total. The number of ether oxygens (including phenoxy) is 2. The molecule has 0 aliphatic carbocycles. The zero-order valence-corrected chi connectivity index (χ0v) is 17.0. The highest BCUT2D eigenvalue weighted by atomic mass is 16.5. The zero-order valence-electron chi connectivity index (χ0n) is 17.0. The quantitative estimate of drug-likeness (QED) is 0.647. The van der Waals surface area contributed by atoms with E-state index in [-0.39, 0.29) is 11.5 Å². The summed E-state index contributed by atoms with van der Waals surface area (Å²) in [4.78, 5) is 37.2. The highest BCUT2D eigenvalue weighted by Gasteiger charge is 2.27. The third kappa shape index (κ3) is 5.82. The Morgan fingerprint density at radius 2 is 1.73 bits per heavy atom. The van der Waals surface area contributed by atoms with Gasteiger partial charge in [-0.05, 0) is 30.2 Å². The third-order valence-electron chi connectivity index (χ3n) is 4.23. The van der Waals surface area contributed by atoms with Crippen molar-refractivity contribution in [3.05, 3.63) is 59.7 Å². The average Bonchev–Trinajstić information content (AvgIpc) is 2.75. The smallest absolute Gasteiger partial charge is 0.329 e. The van der Waals surface area contributed by atoms with E-state index in [1.54, 1.807) is 62.4 Å². The lowest BCUT2D eigenvalue weighted by Gasteiger charge is -2.21. The summed E-state index contributed by atoms with van der Waals surface area (Å²) in [6.45, 7) is 2.95. The molecule has 2 N–H and O–H groups in total. The number of hydrogen-bond donors (Lipinski definition) is 2. The number of amides is 2. The van der Waals surface area contributed by atoms with E-state index in [1.165, 1.54) is 7.11 Å². The Morgan fingerprint density at radius 3 is 2.40 bits per heavy atom. The Kier molecular flexibility index (Phi) is 7.94. The molecule has 2 aromatic carbocycles. The first-order valence-electron chi connectivity index (χ1n) is 9.26. The number of methoxy groups -OCH3 is 1. The largest absolute Gasteiger partial charge is 0.496 e. The van der Waals surface area contributed by atoms with Gasteiger partial charge in [-0.25, -0.2) is 4.79 Å². The van der Waals surface area contributed by atoms with E-state index < -0.39 is 30.4 Å². The summed E-state index contributed by atoms with van der Waals surface area (Å²) in [5.74, 6) is -1.72. The Balaban J connectivity index is 1.99. The molecule has 0 aliphatic rings. The number of para-hydroxylation sites is 2. The normalized spacial score (nSPS) is 11.2. The van der Waals surface area contributed by atoms with Crippen LogP contribution >= 0.6 is 0 Å². The van der Waals surface area contributed by atoms with Gasteiger partial charge in [0.1, 0.15) is 17.9 Å². The molecule has 0 radical (unpaired) electrons. The van der Waals surface area contributed by atoms with Crippen LogP contribution in [0.2, 0.25) is 0 Å². The Bertz CT molecular complexity index is 965. The summed E-state index contributed by atoms with van der Waals surface area (Å²) < 4.78 is 10.3. The minimum atomic E-state index is -0.957. The molecule has 1 atom stereocenters. The Hall–Kier alpha value is -3.86. The maximum absolute atomic E-state index is 12.6. The van der Waals surface area contributed by atoms with Crippen LogP contribution in [0.3, 0.4) is 0 Å². The van der Waals surface area contributed by atoms with Gasteiger partial charge in [-0.2, -0.15) is 5.26 Å². The molecule has 0 spiro atoms. The van der Waals surface area contributed by atoms with E-state index in [0.29, 0.717) is 17.0 Å². The molecule has 2 amide bonds. The predicted molar refractivity (Wildman–Crippen MR) is 110 cm³/mol. The Labute approximate surface area is 174 Å². The van der Waals surface area contributed by atoms with Gasteiger partial charge in [-0.1, -0.05) is 38.1 Å². The lowest BCUT2D eigenvalue weighted by atomic mass is 10.0. The molecule has 0 unspecified atom stereocenters. The molecule has 0 fully saturated rings. The molecular weight excluding hydrogens is 386 g/mol. The highest BCUT2D eigenvalue weighted by molar-refractivity contribution is 5.99. The summed E-state index contributed by atoms with van der Waals surface area (Å²) in [6, 6.07) is 14.1. The second-order valence-electron chi connectivity index (χ2n) is 6.71. The Morgan fingerprint density at radius 1 is 1.07 bits per heavy atom. The molecule has 0 saturated carbocycles. The average molecular weight is 409 g/mol. The molecule has 0 aliphatic heterocycles. The first-order chi connectivity index (χ1) is 14.4. The van der Waals surface area contributed by atoms with Gasteiger partial charge in [0.25, 0.3) is 11.8 Å². The van der Waals surface area contributed by atoms with Crippen molar-refractivity contribution >= 4 is 23.5 Å². The fourth-order valence-corrected chi connectivity index (χ4v) is 2.65. The maximum Gasteiger partial charge on any atom is 0.329 e. The zero-order chi connectivity index (χ0) is 22.1. The minimum absolute atomic E-state index is 0.279. The second kappa shape index (κ2) is 10.6. The van der Waals surface area contributed by atoms with Crippen molar-refractivity contribution in [2.45, 2.75) is 19.9 Å². The minimum Gasteiger partial charge on any atom is -0.496 e. The molecule has 2 rings (SSSR count). The SMILES string of the molecule is COc1ccccc1C(=O)N[C@H](C(=O)OCC(=O)Nc1ccccc1C#N)C(C)C. The van der Waals surface area contributed by atoms with Gasteiger partial charge in [0.05, 0.1) is 23.9 Å². The number of esters is 1. The molecule has 30 heavy (non-hydrogen) atoms. The van der Waals surface area contributed by atoms with Gasteiger partial charge in [0, 0.05) is 0 Å². The van der Waals surface area contributed by atoms with E-state index in [9.17, 15) is 14.4 Å². The van der Waals surface area contributed by atoms with Gasteiger partial charge < -0.3 is 20.1 Å². The van der Waals surface area contributed by atoms with Crippen molar-refractivity contribution in [2.24, 2.45) is 5.92 Å². The van der Waals surface area contributed by atoms with Crippen molar-refractivity contribution in [1.82, 2.24) is 5.32 Å². The fourth-order valence-electron chi connectivity index (χ4n) is 2.65. The summed E-state index contributed by atoms with van der Waals surface area (Å²) in [5.41, 5.74) is 0.900. The number of nitrogens with one attached hydrogen (secondary N) is 2. The fraction of sp³-hybridized carbons (Fsp3) is 0.273. The number of benzene rings is 2. The van der Waals surface area contributed by atoms with Gasteiger partial charge in [-0.15, -0.1) is 0 Å². The summed E-state index contributed by atoms with van der Waals surface area (Å²) >= 11 is 0. The molecule has 0 bridgehead atoms. The number of carbonyl (C=O) groups excluding carboxylic acids is 3. The molecule has 8 heteroatoms. The predicted octanol–water partition coefficient (Wildman–Crippen LogP) is 2.50. The standard InChI is InChI=1S/C22H23N3O5/c1-14(2)20(25-21(27)16-9-5-7-11-18(16)29-3)22(28)30-13-19(26)24-17-10-6-4-8-15(17)12-23/h4-11,14,20H,13H2,1-3H3,(H,24,26)(H,25,27)/t20-/m0/s1. The van der Waals surface area contributed by atoms with E-state index in [0.717, 1.165) is 0 Å². The van der Waals surface area contributed by atoms with Crippen molar-refractivity contribution < 1.29 is 23.9 Å². The van der Waals surface area contributed by atoms with Gasteiger partial charge >= 0.3 is 5.97 Å². The number of hydrogen-bond acceptors (Lipinski definition) is 6. The summed E-state index contributed by atoms with van der Waals surface area (Å²) in [7, 11) is 1.45. The van der Waals surface area contributed by atoms with Crippen LogP contribution in [0.5, 0.6) is 5.75 Å². The van der Waals surface area contributed by atoms with Crippen LogP contribution in [0.15, 0.2) is 48.5 Å². The van der Waals surface area contributed by atoms with Crippen LogP contribution < -0.4 is 15.4 Å². The van der Waals surface area contributed by atoms with E-state index in [4.69, 9.17) is 14.7 Å². The van der Waals surface area contributed by atoms with Crippen LogP contribution in [-0.2, 0) is 14.3 Å². The van der Waals surface area contributed by atoms with Crippen LogP contribution in [0.4, 0.5) is 5.69 Å². The van der Waals surface area contributed by atoms with Crippen LogP contribution in [-0.4, -0.2) is 37.5 Å². The monoisotopic (exact) mass is 409 g/mol. The summed E-state index contributed by atoms with van der Waals surface area (Å²) in [5, 5.41) is 14.2. The molecule has 0 heterocycles. The third-order valence-corrected chi connectivity index (χ3v) is 4.23. The topological polar surface area (TPSA) is 118 Å². The lowest BCUT2D eigenvalue weighted by Crippen LogP contribution is -2.46. The number of nitriles is 1. The van der Waals surface area contributed by atoms with Crippen LogP contribution in [0.25, 0.3) is 0 Å². The number of anilines is 1. The number of nitrogens with zero attached hydrogens (tertiary/aromatic N) is 1. The van der Waals surface area contributed by atoms with Crippen LogP contribution in [0, 0.1) is 17.2 Å². The molecular formula is C22H23N3O5. The van der Waals surface area contributed by atoms with Gasteiger partial charge in [0.2, 0.25) is 0 Å². The molecule has 0 aromatic heterocycles. The van der Waals surface area contributed by atoms with Crippen LogP contribution in [0.1, 0.15) is 29.8 Å². The van der Waals surface area contributed by atoms with Crippen molar-refractivity contribution in [3.63, 3.8) is 0 Å². The first-order valence-corrected chi connectivity index (χ1v) is 9.26.